The van der Waals surface area contributed by atoms with Crippen LogP contribution in [-0.4, -0.2) is 70.0 Å². The lowest BCUT2D eigenvalue weighted by Crippen LogP contribution is -2.57. The second-order valence-corrected chi connectivity index (χ2v) is 10.3. The van der Waals surface area contributed by atoms with Crippen LogP contribution in [0.2, 0.25) is 0 Å². The first kappa shape index (κ1) is 32.6. The number of imidazole rings is 1. The number of carboxylic acids is 1. The fourth-order valence-corrected chi connectivity index (χ4v) is 4.74. The Kier molecular flexibility index (Phi) is 13.0. The van der Waals surface area contributed by atoms with Crippen LogP contribution in [0.15, 0.2) is 73.2 Å². The number of aliphatic carboxylic acids is 1. The minimum atomic E-state index is -1.19. The van der Waals surface area contributed by atoms with Crippen LogP contribution in [0.4, 0.5) is 5.69 Å². The largest absolute Gasteiger partial charge is 0.480 e. The molecule has 230 valence electrons. The molecule has 2 aromatic carbocycles. The van der Waals surface area contributed by atoms with Crippen molar-refractivity contribution in [1.29, 1.82) is 5.41 Å². The van der Waals surface area contributed by atoms with Gasteiger partial charge in [0, 0.05) is 37.8 Å². The predicted octanol–water partition coefficient (Wildman–Crippen LogP) is 2.19. The molecule has 0 fully saturated rings. The third-order valence-electron chi connectivity index (χ3n) is 6.99. The maximum atomic E-state index is 14.1. The summed E-state index contributed by atoms with van der Waals surface area (Å²) in [5.74, 6) is -2.36. The lowest BCUT2D eigenvalue weighted by Gasteiger charge is -2.34. The molecule has 2 amide bonds. The van der Waals surface area contributed by atoms with E-state index >= 15 is 0 Å². The standard InChI is InChI=1S/C31H42N8O4/c1-2-3-17-39(24-13-8-5-9-14-24)27(19-23-20-34-21-36-23)29(41)38-26(18-22-11-6-4-7-12-22)28(40)37-25(30(42)43)15-10-16-35-31(32)33/h4-9,11-14,20-21,25-27H,2-3,10,15-19H2,1H3,(H,34,36)(H,37,40)(H,38,41)(H,42,43)(H4,32,33,35)/t25-,26+,27-/m0/s1. The summed E-state index contributed by atoms with van der Waals surface area (Å²) in [6.45, 7) is 3.00. The zero-order valence-corrected chi connectivity index (χ0v) is 24.5. The molecule has 0 aliphatic carbocycles. The van der Waals surface area contributed by atoms with Crippen molar-refractivity contribution in [1.82, 2.24) is 25.9 Å². The number of anilines is 1. The van der Waals surface area contributed by atoms with Crippen molar-refractivity contribution >= 4 is 29.4 Å². The Morgan fingerprint density at radius 3 is 2.26 bits per heavy atom. The summed E-state index contributed by atoms with van der Waals surface area (Å²) in [6.07, 6.45) is 6.04. The summed E-state index contributed by atoms with van der Waals surface area (Å²) in [7, 11) is 0. The van der Waals surface area contributed by atoms with Gasteiger partial charge in [-0.15, -0.1) is 0 Å². The molecule has 12 heteroatoms. The zero-order chi connectivity index (χ0) is 31.0. The number of aromatic amines is 1. The van der Waals surface area contributed by atoms with Crippen LogP contribution in [0.3, 0.4) is 0 Å². The number of H-pyrrole nitrogens is 1. The number of hydrogen-bond donors (Lipinski definition) is 7. The summed E-state index contributed by atoms with van der Waals surface area (Å²) in [5.41, 5.74) is 7.69. The van der Waals surface area contributed by atoms with Crippen molar-refractivity contribution in [2.75, 3.05) is 18.0 Å². The van der Waals surface area contributed by atoms with Crippen molar-refractivity contribution in [2.24, 2.45) is 5.73 Å². The quantitative estimate of drug-likeness (QED) is 0.0666. The topological polar surface area (TPSA) is 189 Å². The molecule has 3 aromatic rings. The fourth-order valence-electron chi connectivity index (χ4n) is 4.74. The fraction of sp³-hybridized carbons (Fsp3) is 0.387. The van der Waals surface area contributed by atoms with Gasteiger partial charge in [-0.25, -0.2) is 9.78 Å². The monoisotopic (exact) mass is 590 g/mol. The van der Waals surface area contributed by atoms with Crippen LogP contribution in [0.1, 0.15) is 43.9 Å². The summed E-state index contributed by atoms with van der Waals surface area (Å²) in [4.78, 5) is 49.0. The van der Waals surface area contributed by atoms with E-state index in [1.807, 2.05) is 65.6 Å². The Bertz CT molecular complexity index is 1290. The first-order valence-corrected chi connectivity index (χ1v) is 14.5. The number of aromatic nitrogens is 2. The first-order valence-electron chi connectivity index (χ1n) is 14.5. The van der Waals surface area contributed by atoms with E-state index in [1.165, 1.54) is 0 Å². The van der Waals surface area contributed by atoms with Gasteiger partial charge in [0.05, 0.1) is 12.0 Å². The van der Waals surface area contributed by atoms with Crippen LogP contribution in [0.5, 0.6) is 0 Å². The number of nitrogens with one attached hydrogen (secondary N) is 5. The van der Waals surface area contributed by atoms with Crippen molar-refractivity contribution in [3.05, 3.63) is 84.4 Å². The smallest absolute Gasteiger partial charge is 0.326 e. The second-order valence-electron chi connectivity index (χ2n) is 10.3. The van der Waals surface area contributed by atoms with Crippen LogP contribution >= 0.6 is 0 Å². The Morgan fingerprint density at radius 1 is 0.977 bits per heavy atom. The van der Waals surface area contributed by atoms with Crippen molar-refractivity contribution < 1.29 is 19.5 Å². The van der Waals surface area contributed by atoms with Gasteiger partial charge in [0.2, 0.25) is 11.8 Å². The minimum absolute atomic E-state index is 0.119. The van der Waals surface area contributed by atoms with Gasteiger partial charge < -0.3 is 36.7 Å². The van der Waals surface area contributed by atoms with Crippen LogP contribution in [0.25, 0.3) is 0 Å². The van der Waals surface area contributed by atoms with Gasteiger partial charge in [0.25, 0.3) is 0 Å². The Labute approximate surface area is 252 Å². The van der Waals surface area contributed by atoms with Crippen LogP contribution in [0, 0.1) is 5.41 Å². The average molecular weight is 591 g/mol. The SMILES string of the molecule is CCCCN(c1ccccc1)[C@@H](Cc1c[nH]cn1)C(=O)N[C@H](Cc1ccccc1)C(=O)N[C@@H](CCCNC(=N)N)C(=O)O. The average Bonchev–Trinajstić information content (AvgIpc) is 3.52. The Balaban J connectivity index is 1.87. The molecule has 0 spiro atoms. The van der Waals surface area contributed by atoms with Gasteiger partial charge in [-0.1, -0.05) is 61.9 Å². The highest BCUT2D eigenvalue weighted by molar-refractivity contribution is 5.93. The molecular formula is C31H42N8O4. The number of hydrogen-bond acceptors (Lipinski definition) is 6. The van der Waals surface area contributed by atoms with E-state index in [4.69, 9.17) is 11.1 Å². The molecule has 1 aromatic heterocycles. The summed E-state index contributed by atoms with van der Waals surface area (Å²) < 4.78 is 0. The number of para-hydroxylation sites is 1. The molecule has 0 aliphatic rings. The highest BCUT2D eigenvalue weighted by atomic mass is 16.4. The van der Waals surface area contributed by atoms with Gasteiger partial charge in [-0.2, -0.15) is 0 Å². The number of amides is 2. The summed E-state index contributed by atoms with van der Waals surface area (Å²) >= 11 is 0. The lowest BCUT2D eigenvalue weighted by atomic mass is 10.0. The molecule has 0 radical (unpaired) electrons. The molecule has 0 bridgehead atoms. The number of nitrogens with zero attached hydrogens (tertiary/aromatic N) is 2. The third kappa shape index (κ3) is 10.8. The minimum Gasteiger partial charge on any atom is -0.480 e. The molecular weight excluding hydrogens is 548 g/mol. The molecule has 0 unspecified atom stereocenters. The number of rotatable bonds is 18. The number of benzene rings is 2. The molecule has 0 aliphatic heterocycles. The van der Waals surface area contributed by atoms with Gasteiger partial charge in [0.1, 0.15) is 18.1 Å². The van der Waals surface area contributed by atoms with Gasteiger partial charge >= 0.3 is 5.97 Å². The van der Waals surface area contributed by atoms with E-state index < -0.39 is 30.0 Å². The van der Waals surface area contributed by atoms with E-state index in [2.05, 4.69) is 32.8 Å². The molecule has 3 rings (SSSR count). The molecule has 3 atom stereocenters. The van der Waals surface area contributed by atoms with Crippen molar-refractivity contribution in [3.8, 4) is 0 Å². The number of carbonyl (C=O) groups is 3. The van der Waals surface area contributed by atoms with Crippen molar-refractivity contribution in [2.45, 2.75) is 63.6 Å². The predicted molar refractivity (Wildman–Crippen MR) is 166 cm³/mol. The van der Waals surface area contributed by atoms with E-state index in [0.717, 1.165) is 24.1 Å². The molecule has 0 saturated carbocycles. The highest BCUT2D eigenvalue weighted by Crippen LogP contribution is 2.20. The Hall–Kier alpha value is -4.87. The second kappa shape index (κ2) is 17.2. The third-order valence-corrected chi connectivity index (χ3v) is 6.99. The zero-order valence-electron chi connectivity index (χ0n) is 24.5. The molecule has 12 nitrogen and oxygen atoms in total. The first-order chi connectivity index (χ1) is 20.8. The maximum absolute atomic E-state index is 14.1. The summed E-state index contributed by atoms with van der Waals surface area (Å²) in [5, 5.41) is 25.2. The van der Waals surface area contributed by atoms with Gasteiger partial charge in [-0.05, 0) is 37.0 Å². The number of carboxylic acid groups (broad SMARTS) is 1. The lowest BCUT2D eigenvalue weighted by molar-refractivity contribution is -0.142. The highest BCUT2D eigenvalue weighted by Gasteiger charge is 2.32. The molecule has 8 N–H and O–H groups in total. The van der Waals surface area contributed by atoms with Crippen LogP contribution in [-0.2, 0) is 27.2 Å². The Morgan fingerprint density at radius 2 is 1.65 bits per heavy atom. The molecule has 1 heterocycles. The number of guanidine groups is 1. The summed E-state index contributed by atoms with van der Waals surface area (Å²) in [6, 6.07) is 16.0. The number of nitrogens with two attached hydrogens (primary N) is 1. The van der Waals surface area contributed by atoms with E-state index in [0.29, 0.717) is 31.6 Å². The van der Waals surface area contributed by atoms with Crippen LogP contribution < -0.4 is 26.6 Å². The van der Waals surface area contributed by atoms with E-state index in [-0.39, 0.29) is 24.7 Å². The van der Waals surface area contributed by atoms with Crippen molar-refractivity contribution in [3.63, 3.8) is 0 Å². The molecule has 0 saturated heterocycles. The number of unbranched alkanes of at least 4 members (excludes halogenated alkanes) is 1. The van der Waals surface area contributed by atoms with Gasteiger partial charge in [0.15, 0.2) is 5.96 Å². The van der Waals surface area contributed by atoms with Gasteiger partial charge in [-0.3, -0.25) is 15.0 Å². The normalized spacial score (nSPS) is 12.9. The van der Waals surface area contributed by atoms with E-state index in [1.54, 1.807) is 12.5 Å². The maximum Gasteiger partial charge on any atom is 0.326 e. The number of carbonyl (C=O) groups excluding carboxylic acids is 2. The van der Waals surface area contributed by atoms with E-state index in [9.17, 15) is 19.5 Å². The molecule has 43 heavy (non-hydrogen) atoms.